The van der Waals surface area contributed by atoms with Crippen LogP contribution in [0.25, 0.3) is 0 Å². The molecule has 0 bridgehead atoms. The van der Waals surface area contributed by atoms with E-state index in [1.54, 1.807) is 0 Å². The van der Waals surface area contributed by atoms with E-state index in [-0.39, 0.29) is 12.4 Å². The molecule has 0 radical (unpaired) electrons. The fourth-order valence-electron chi connectivity index (χ4n) is 1.50. The molecule has 0 spiro atoms. The topological polar surface area (TPSA) is 28.2 Å². The molecule has 1 saturated heterocycles. The van der Waals surface area contributed by atoms with Gasteiger partial charge in [-0.15, -0.1) is 12.4 Å². The Morgan fingerprint density at radius 2 is 2.00 bits per heavy atom. The van der Waals surface area contributed by atoms with E-state index in [0.29, 0.717) is 0 Å². The SMILES string of the molecule is Brc1cncc(N2CCNCC2)c1.Cl. The third-order valence-electron chi connectivity index (χ3n) is 2.17. The van der Waals surface area contributed by atoms with Crippen molar-refractivity contribution in [2.75, 3.05) is 31.1 Å². The first-order valence-electron chi connectivity index (χ1n) is 4.42. The summed E-state index contributed by atoms with van der Waals surface area (Å²) in [6.45, 7) is 4.26. The van der Waals surface area contributed by atoms with Crippen LogP contribution in [0.5, 0.6) is 0 Å². The smallest absolute Gasteiger partial charge is 0.0564 e. The van der Waals surface area contributed by atoms with Crippen LogP contribution in [-0.2, 0) is 0 Å². The Morgan fingerprint density at radius 3 is 2.64 bits per heavy atom. The highest BCUT2D eigenvalue weighted by Gasteiger charge is 2.10. The highest BCUT2D eigenvalue weighted by Crippen LogP contribution is 2.18. The second-order valence-corrected chi connectivity index (χ2v) is 4.01. The summed E-state index contributed by atoms with van der Waals surface area (Å²) in [6, 6.07) is 2.11. The Kier molecular flexibility index (Phi) is 4.65. The number of halogens is 2. The predicted octanol–water partition coefficient (Wildman–Crippen LogP) is 1.68. The van der Waals surface area contributed by atoms with Gasteiger partial charge in [-0.3, -0.25) is 4.98 Å². The lowest BCUT2D eigenvalue weighted by Crippen LogP contribution is -2.43. The van der Waals surface area contributed by atoms with Gasteiger partial charge in [0.2, 0.25) is 0 Å². The highest BCUT2D eigenvalue weighted by atomic mass is 79.9. The molecule has 0 saturated carbocycles. The summed E-state index contributed by atoms with van der Waals surface area (Å²) >= 11 is 3.42. The van der Waals surface area contributed by atoms with E-state index in [4.69, 9.17) is 0 Å². The Bertz CT molecular complexity index is 289. The van der Waals surface area contributed by atoms with E-state index in [1.165, 1.54) is 5.69 Å². The molecule has 1 aliphatic heterocycles. The molecule has 1 aliphatic rings. The quantitative estimate of drug-likeness (QED) is 0.847. The van der Waals surface area contributed by atoms with Crippen LogP contribution in [0.1, 0.15) is 0 Å². The van der Waals surface area contributed by atoms with Crippen LogP contribution in [0, 0.1) is 0 Å². The monoisotopic (exact) mass is 277 g/mol. The van der Waals surface area contributed by atoms with Gasteiger partial charge in [0.05, 0.1) is 11.9 Å². The molecule has 2 heterocycles. The Hall–Kier alpha value is -0.320. The summed E-state index contributed by atoms with van der Waals surface area (Å²) in [6.07, 6.45) is 3.72. The fourth-order valence-corrected chi connectivity index (χ4v) is 1.85. The highest BCUT2D eigenvalue weighted by molar-refractivity contribution is 9.10. The molecule has 0 aromatic carbocycles. The van der Waals surface area contributed by atoms with Crippen LogP contribution in [0.15, 0.2) is 22.9 Å². The van der Waals surface area contributed by atoms with E-state index in [9.17, 15) is 0 Å². The molecule has 1 aromatic rings. The maximum atomic E-state index is 4.15. The fraction of sp³-hybridized carbons (Fsp3) is 0.444. The van der Waals surface area contributed by atoms with Crippen molar-refractivity contribution in [2.24, 2.45) is 0 Å². The Labute approximate surface area is 98.4 Å². The zero-order valence-electron chi connectivity index (χ0n) is 7.74. The standard InChI is InChI=1S/C9H12BrN3.ClH/c10-8-5-9(7-12-6-8)13-3-1-11-2-4-13;/h5-7,11H,1-4H2;1H. The molecule has 2 rings (SSSR count). The van der Waals surface area contributed by atoms with Gasteiger partial charge in [-0.05, 0) is 22.0 Å². The summed E-state index contributed by atoms with van der Waals surface area (Å²) in [5, 5.41) is 3.33. The van der Waals surface area contributed by atoms with Crippen LogP contribution in [0.2, 0.25) is 0 Å². The van der Waals surface area contributed by atoms with Gasteiger partial charge >= 0.3 is 0 Å². The summed E-state index contributed by atoms with van der Waals surface area (Å²) in [4.78, 5) is 6.49. The van der Waals surface area contributed by atoms with Crippen molar-refractivity contribution >= 4 is 34.0 Å². The van der Waals surface area contributed by atoms with Crippen LogP contribution in [0.3, 0.4) is 0 Å². The van der Waals surface area contributed by atoms with Crippen LogP contribution in [0.4, 0.5) is 5.69 Å². The summed E-state index contributed by atoms with van der Waals surface area (Å²) in [5.74, 6) is 0. The number of pyridine rings is 1. The molecule has 14 heavy (non-hydrogen) atoms. The van der Waals surface area contributed by atoms with Gasteiger partial charge in [-0.1, -0.05) is 0 Å². The van der Waals surface area contributed by atoms with Crippen molar-refractivity contribution in [3.8, 4) is 0 Å². The van der Waals surface area contributed by atoms with Crippen molar-refractivity contribution < 1.29 is 0 Å². The average Bonchev–Trinajstić information content (AvgIpc) is 2.19. The Morgan fingerprint density at radius 1 is 1.29 bits per heavy atom. The molecule has 0 unspecified atom stereocenters. The second-order valence-electron chi connectivity index (χ2n) is 3.10. The molecule has 5 heteroatoms. The minimum Gasteiger partial charge on any atom is -0.368 e. The van der Waals surface area contributed by atoms with Crippen molar-refractivity contribution in [3.05, 3.63) is 22.9 Å². The summed E-state index contributed by atoms with van der Waals surface area (Å²) in [5.41, 5.74) is 1.20. The maximum absolute atomic E-state index is 4.15. The zero-order chi connectivity index (χ0) is 9.10. The number of nitrogens with zero attached hydrogens (tertiary/aromatic N) is 2. The summed E-state index contributed by atoms with van der Waals surface area (Å²) in [7, 11) is 0. The van der Waals surface area contributed by atoms with E-state index >= 15 is 0 Å². The number of nitrogens with one attached hydrogen (secondary N) is 1. The lowest BCUT2D eigenvalue weighted by Gasteiger charge is -2.29. The van der Waals surface area contributed by atoms with Crippen molar-refractivity contribution in [1.82, 2.24) is 10.3 Å². The average molecular weight is 279 g/mol. The van der Waals surface area contributed by atoms with Crippen molar-refractivity contribution in [1.29, 1.82) is 0 Å². The minimum absolute atomic E-state index is 0. The molecule has 0 atom stereocenters. The first-order chi connectivity index (χ1) is 6.36. The second kappa shape index (κ2) is 5.53. The molecule has 1 aromatic heterocycles. The molecular formula is C9H13BrClN3. The molecule has 3 nitrogen and oxygen atoms in total. The number of piperazine rings is 1. The third kappa shape index (κ3) is 2.83. The number of hydrogen-bond donors (Lipinski definition) is 1. The van der Waals surface area contributed by atoms with Gasteiger partial charge in [0.1, 0.15) is 0 Å². The molecule has 1 N–H and O–H groups in total. The van der Waals surface area contributed by atoms with Crippen molar-refractivity contribution in [2.45, 2.75) is 0 Å². The van der Waals surface area contributed by atoms with E-state index in [2.05, 4.69) is 37.2 Å². The van der Waals surface area contributed by atoms with Crippen LogP contribution in [-0.4, -0.2) is 31.2 Å². The molecule has 0 aliphatic carbocycles. The predicted molar refractivity (Wildman–Crippen MR) is 64.3 cm³/mol. The summed E-state index contributed by atoms with van der Waals surface area (Å²) < 4.78 is 1.04. The first-order valence-corrected chi connectivity index (χ1v) is 5.22. The van der Waals surface area contributed by atoms with Gasteiger partial charge in [0, 0.05) is 36.8 Å². The Balaban J connectivity index is 0.000000980. The van der Waals surface area contributed by atoms with Gasteiger partial charge < -0.3 is 10.2 Å². The lowest BCUT2D eigenvalue weighted by atomic mass is 10.3. The normalized spacial score (nSPS) is 16.2. The number of aromatic nitrogens is 1. The first kappa shape index (κ1) is 11.8. The molecular weight excluding hydrogens is 265 g/mol. The third-order valence-corrected chi connectivity index (χ3v) is 2.61. The minimum atomic E-state index is 0. The zero-order valence-corrected chi connectivity index (χ0v) is 10.1. The van der Waals surface area contributed by atoms with Gasteiger partial charge in [-0.2, -0.15) is 0 Å². The lowest BCUT2D eigenvalue weighted by molar-refractivity contribution is 0.588. The maximum Gasteiger partial charge on any atom is 0.0564 e. The van der Waals surface area contributed by atoms with Gasteiger partial charge in [-0.25, -0.2) is 0 Å². The molecule has 1 fully saturated rings. The van der Waals surface area contributed by atoms with E-state index in [1.807, 2.05) is 12.4 Å². The van der Waals surface area contributed by atoms with Gasteiger partial charge in [0.15, 0.2) is 0 Å². The number of hydrogen-bond acceptors (Lipinski definition) is 3. The van der Waals surface area contributed by atoms with Crippen LogP contribution >= 0.6 is 28.3 Å². The molecule has 78 valence electrons. The van der Waals surface area contributed by atoms with Crippen LogP contribution < -0.4 is 10.2 Å². The number of anilines is 1. The molecule has 0 amide bonds. The van der Waals surface area contributed by atoms with E-state index in [0.717, 1.165) is 30.7 Å². The largest absolute Gasteiger partial charge is 0.368 e. The number of rotatable bonds is 1. The van der Waals surface area contributed by atoms with E-state index < -0.39 is 0 Å². The van der Waals surface area contributed by atoms with Gasteiger partial charge in [0.25, 0.3) is 0 Å². The van der Waals surface area contributed by atoms with Crippen molar-refractivity contribution in [3.63, 3.8) is 0 Å².